The summed E-state index contributed by atoms with van der Waals surface area (Å²) in [4.78, 5) is 9.35. The molecular formula is C23H28N8O2. The second-order valence-corrected chi connectivity index (χ2v) is 9.06. The summed E-state index contributed by atoms with van der Waals surface area (Å²) < 4.78 is 11.1. The number of oxazole rings is 1. The highest BCUT2D eigenvalue weighted by atomic mass is 16.3. The van der Waals surface area contributed by atoms with Crippen LogP contribution in [0.2, 0.25) is 0 Å². The Labute approximate surface area is 190 Å². The zero-order valence-corrected chi connectivity index (χ0v) is 19.7. The highest BCUT2D eigenvalue weighted by molar-refractivity contribution is 6.06. The van der Waals surface area contributed by atoms with E-state index in [-0.39, 0.29) is 6.04 Å². The van der Waals surface area contributed by atoms with Crippen LogP contribution in [0.3, 0.4) is 0 Å². The molecule has 0 saturated carbocycles. The third kappa shape index (κ3) is 3.24. The Balaban J connectivity index is 1.92. The summed E-state index contributed by atoms with van der Waals surface area (Å²) >= 11 is 0. The van der Waals surface area contributed by atoms with Crippen LogP contribution in [0, 0.1) is 6.92 Å². The highest BCUT2D eigenvalue weighted by Crippen LogP contribution is 2.40. The molecule has 1 unspecified atom stereocenters. The summed E-state index contributed by atoms with van der Waals surface area (Å²) in [5.41, 5.74) is 6.43. The molecule has 5 heterocycles. The predicted molar refractivity (Wildman–Crippen MR) is 124 cm³/mol. The molecule has 10 nitrogen and oxygen atoms in total. The van der Waals surface area contributed by atoms with Gasteiger partial charge in [0.2, 0.25) is 0 Å². The van der Waals surface area contributed by atoms with Gasteiger partial charge >= 0.3 is 0 Å². The van der Waals surface area contributed by atoms with Crippen molar-refractivity contribution in [2.75, 3.05) is 0 Å². The van der Waals surface area contributed by atoms with Crippen LogP contribution in [-0.4, -0.2) is 44.4 Å². The summed E-state index contributed by atoms with van der Waals surface area (Å²) in [7, 11) is 3.76. The van der Waals surface area contributed by atoms with Gasteiger partial charge in [-0.25, -0.2) is 9.67 Å². The molecule has 33 heavy (non-hydrogen) atoms. The molecule has 5 aromatic rings. The molecule has 0 bridgehead atoms. The first-order valence-electron chi connectivity index (χ1n) is 11.1. The molecule has 5 rings (SSSR count). The van der Waals surface area contributed by atoms with Crippen LogP contribution in [0.4, 0.5) is 0 Å². The molecule has 0 fully saturated rings. The fourth-order valence-corrected chi connectivity index (χ4v) is 4.74. The minimum absolute atomic E-state index is 0.109. The maximum absolute atomic E-state index is 11.0. The van der Waals surface area contributed by atoms with Crippen molar-refractivity contribution in [3.8, 4) is 11.3 Å². The number of hydrogen-bond donors (Lipinski definition) is 1. The average molecular weight is 449 g/mol. The van der Waals surface area contributed by atoms with Gasteiger partial charge in [0, 0.05) is 25.9 Å². The summed E-state index contributed by atoms with van der Waals surface area (Å²) in [5.74, 6) is 0. The van der Waals surface area contributed by atoms with Crippen LogP contribution >= 0.6 is 0 Å². The Bertz CT molecular complexity index is 1430. The summed E-state index contributed by atoms with van der Waals surface area (Å²) in [6, 6.07) is 2.01. The Morgan fingerprint density at radius 3 is 2.55 bits per heavy atom. The van der Waals surface area contributed by atoms with Gasteiger partial charge in [0.1, 0.15) is 34.3 Å². The molecule has 0 aliphatic carbocycles. The number of aromatic nitrogens is 8. The zero-order valence-electron chi connectivity index (χ0n) is 19.7. The second-order valence-electron chi connectivity index (χ2n) is 9.06. The molecule has 0 aliphatic rings. The normalized spacial score (nSPS) is 13.4. The average Bonchev–Trinajstić information content (AvgIpc) is 3.52. The second kappa shape index (κ2) is 7.51. The van der Waals surface area contributed by atoms with Gasteiger partial charge in [0.15, 0.2) is 6.39 Å². The molecule has 10 heteroatoms. The first-order chi connectivity index (χ1) is 15.7. The summed E-state index contributed by atoms with van der Waals surface area (Å²) in [6.45, 7) is 7.59. The van der Waals surface area contributed by atoms with Crippen molar-refractivity contribution in [1.29, 1.82) is 0 Å². The van der Waals surface area contributed by atoms with Crippen molar-refractivity contribution >= 4 is 22.1 Å². The van der Waals surface area contributed by atoms with Crippen LogP contribution in [-0.2, 0) is 19.7 Å². The van der Waals surface area contributed by atoms with E-state index in [0.29, 0.717) is 5.69 Å². The molecule has 5 aromatic heterocycles. The Hall–Kier alpha value is -3.53. The lowest BCUT2D eigenvalue weighted by atomic mass is 10.0. The first kappa shape index (κ1) is 21.3. The van der Waals surface area contributed by atoms with Crippen LogP contribution in [0.1, 0.15) is 56.7 Å². The third-order valence-corrected chi connectivity index (χ3v) is 6.13. The standard InChI is InChI=1S/C23H28N8O2/c1-7-8-16(15-11-33-12-25-15)31-17-9-14(19-13(2)26-28-30(19)6)10-24-18(17)20-21(31)22(23(3,4)32)27-29(20)5/h9-12,16,32H,7-8H2,1-6H3. The van der Waals surface area contributed by atoms with Crippen molar-refractivity contribution in [2.24, 2.45) is 14.1 Å². The van der Waals surface area contributed by atoms with E-state index in [0.717, 1.165) is 57.6 Å². The molecule has 1 atom stereocenters. The van der Waals surface area contributed by atoms with Crippen molar-refractivity contribution in [2.45, 2.75) is 52.2 Å². The molecule has 0 amide bonds. The first-order valence-corrected chi connectivity index (χ1v) is 11.1. The molecular weight excluding hydrogens is 420 g/mol. The van der Waals surface area contributed by atoms with Crippen LogP contribution in [0.5, 0.6) is 0 Å². The maximum Gasteiger partial charge on any atom is 0.180 e. The number of rotatable bonds is 6. The summed E-state index contributed by atoms with van der Waals surface area (Å²) in [5, 5.41) is 24.1. The third-order valence-electron chi connectivity index (χ3n) is 6.13. The van der Waals surface area contributed by atoms with Gasteiger partial charge in [0.05, 0.1) is 28.5 Å². The van der Waals surface area contributed by atoms with Gasteiger partial charge in [-0.05, 0) is 33.3 Å². The molecule has 0 aromatic carbocycles. The van der Waals surface area contributed by atoms with E-state index in [2.05, 4.69) is 32.9 Å². The number of fused-ring (bicyclic) bond motifs is 3. The van der Waals surface area contributed by atoms with E-state index in [4.69, 9.17) is 14.5 Å². The predicted octanol–water partition coefficient (Wildman–Crippen LogP) is 3.63. The maximum atomic E-state index is 11.0. The summed E-state index contributed by atoms with van der Waals surface area (Å²) in [6.07, 6.45) is 6.76. The van der Waals surface area contributed by atoms with Crippen LogP contribution in [0.25, 0.3) is 33.3 Å². The Morgan fingerprint density at radius 1 is 1.15 bits per heavy atom. The van der Waals surface area contributed by atoms with Crippen molar-refractivity contribution in [1.82, 2.24) is 39.3 Å². The van der Waals surface area contributed by atoms with Crippen molar-refractivity contribution in [3.05, 3.63) is 42.0 Å². The number of aliphatic hydroxyl groups is 1. The van der Waals surface area contributed by atoms with Crippen LogP contribution in [0.15, 0.2) is 29.3 Å². The molecule has 0 spiro atoms. The van der Waals surface area contributed by atoms with Crippen LogP contribution < -0.4 is 0 Å². The van der Waals surface area contributed by atoms with Gasteiger partial charge in [-0.2, -0.15) is 5.10 Å². The van der Waals surface area contributed by atoms with Gasteiger partial charge in [-0.3, -0.25) is 9.67 Å². The zero-order chi connectivity index (χ0) is 23.5. The quantitative estimate of drug-likeness (QED) is 0.422. The SMILES string of the molecule is CCCC(c1cocn1)n1c2cc(-c3c(C)nnn3C)cnc2c2c1c(C(C)(C)O)nn2C. The van der Waals surface area contributed by atoms with E-state index in [1.165, 1.54) is 6.39 Å². The van der Waals surface area contributed by atoms with Gasteiger partial charge in [-0.1, -0.05) is 18.6 Å². The molecule has 172 valence electrons. The van der Waals surface area contributed by atoms with E-state index in [1.807, 2.05) is 27.2 Å². The molecule has 1 N–H and O–H groups in total. The lowest BCUT2D eigenvalue weighted by Gasteiger charge is -2.21. The van der Waals surface area contributed by atoms with Crippen molar-refractivity contribution < 1.29 is 9.52 Å². The number of hydrogen-bond acceptors (Lipinski definition) is 7. The minimum Gasteiger partial charge on any atom is -0.451 e. The Kier molecular flexibility index (Phi) is 4.86. The van der Waals surface area contributed by atoms with E-state index in [1.54, 1.807) is 29.5 Å². The van der Waals surface area contributed by atoms with Gasteiger partial charge < -0.3 is 14.1 Å². The van der Waals surface area contributed by atoms with E-state index >= 15 is 0 Å². The number of pyridine rings is 1. The molecule has 0 saturated heterocycles. The lowest BCUT2D eigenvalue weighted by molar-refractivity contribution is 0.0742. The van der Waals surface area contributed by atoms with Gasteiger partial charge in [0.25, 0.3) is 0 Å². The number of nitrogens with zero attached hydrogens (tertiary/aromatic N) is 8. The monoisotopic (exact) mass is 448 g/mol. The molecule has 0 radical (unpaired) electrons. The number of aryl methyl sites for hydroxylation is 3. The lowest BCUT2D eigenvalue weighted by Crippen LogP contribution is -2.20. The van der Waals surface area contributed by atoms with E-state index < -0.39 is 5.60 Å². The fourth-order valence-electron chi connectivity index (χ4n) is 4.74. The fraction of sp³-hybridized carbons (Fsp3) is 0.435. The smallest absolute Gasteiger partial charge is 0.180 e. The molecule has 0 aliphatic heterocycles. The largest absolute Gasteiger partial charge is 0.451 e. The topological polar surface area (TPSA) is 113 Å². The van der Waals surface area contributed by atoms with E-state index in [9.17, 15) is 5.11 Å². The highest BCUT2D eigenvalue weighted by Gasteiger charge is 2.32. The van der Waals surface area contributed by atoms with Gasteiger partial charge in [-0.15, -0.1) is 5.10 Å². The van der Waals surface area contributed by atoms with Crippen molar-refractivity contribution in [3.63, 3.8) is 0 Å². The minimum atomic E-state index is -1.14. The Morgan fingerprint density at radius 2 is 1.94 bits per heavy atom.